The molecule has 0 bridgehead atoms. The summed E-state index contributed by atoms with van der Waals surface area (Å²) in [6.45, 7) is 3.40. The Kier molecular flexibility index (Phi) is 3.33. The van der Waals surface area contributed by atoms with Gasteiger partial charge in [-0.1, -0.05) is 6.92 Å². The first-order chi connectivity index (χ1) is 6.61. The van der Waals surface area contributed by atoms with E-state index in [4.69, 9.17) is 5.73 Å². The van der Waals surface area contributed by atoms with Gasteiger partial charge in [-0.15, -0.1) is 0 Å². The van der Waals surface area contributed by atoms with Crippen molar-refractivity contribution < 1.29 is 4.79 Å². The fourth-order valence-electron chi connectivity index (χ4n) is 0.987. The molecule has 0 radical (unpaired) electrons. The molecule has 3 N–H and O–H groups in total. The number of nitrogens with two attached hydrogens (primary N) is 1. The van der Waals surface area contributed by atoms with E-state index in [1.165, 1.54) is 6.92 Å². The Bertz CT molecular complexity index is 339. The molecule has 1 heterocycles. The fraction of sp³-hybridized carbons (Fsp3) is 0.500. The Morgan fingerprint density at radius 2 is 2.14 bits per heavy atom. The first-order valence-electron chi connectivity index (χ1n) is 4.40. The maximum atomic E-state index is 10.7. The Morgan fingerprint density at radius 3 is 2.71 bits per heavy atom. The first kappa shape index (κ1) is 10.4. The monoisotopic (exact) mass is 195 g/mol. The Morgan fingerprint density at radius 1 is 1.43 bits per heavy atom. The second kappa shape index (κ2) is 4.50. The molecule has 0 atom stereocenters. The summed E-state index contributed by atoms with van der Waals surface area (Å²) in [6, 6.07) is 0. The number of nitrogens with zero attached hydrogens (tertiary/aromatic N) is 3. The van der Waals surface area contributed by atoms with Gasteiger partial charge in [0, 0.05) is 13.3 Å². The van der Waals surface area contributed by atoms with Crippen LogP contribution in [0.4, 0.5) is 11.9 Å². The van der Waals surface area contributed by atoms with Crippen molar-refractivity contribution in [1.29, 1.82) is 0 Å². The molecule has 0 fully saturated rings. The molecule has 6 heteroatoms. The largest absolute Gasteiger partial charge is 0.368 e. The van der Waals surface area contributed by atoms with Gasteiger partial charge in [-0.05, 0) is 6.42 Å². The number of carbonyl (C=O) groups is 1. The van der Waals surface area contributed by atoms with Gasteiger partial charge in [-0.3, -0.25) is 10.1 Å². The predicted octanol–water partition coefficient (Wildman–Crippen LogP) is 0.365. The maximum absolute atomic E-state index is 10.7. The van der Waals surface area contributed by atoms with Crippen molar-refractivity contribution in [3.05, 3.63) is 5.82 Å². The van der Waals surface area contributed by atoms with E-state index in [0.29, 0.717) is 5.82 Å². The number of hydrogen-bond donors (Lipinski definition) is 2. The molecule has 1 amide bonds. The zero-order chi connectivity index (χ0) is 10.6. The van der Waals surface area contributed by atoms with Gasteiger partial charge in [0.1, 0.15) is 5.82 Å². The summed E-state index contributed by atoms with van der Waals surface area (Å²) < 4.78 is 0. The first-order valence-corrected chi connectivity index (χ1v) is 4.40. The van der Waals surface area contributed by atoms with E-state index >= 15 is 0 Å². The van der Waals surface area contributed by atoms with Crippen LogP contribution in [-0.4, -0.2) is 20.9 Å². The molecule has 0 aromatic carbocycles. The molecule has 0 aliphatic rings. The van der Waals surface area contributed by atoms with Crippen molar-refractivity contribution >= 4 is 17.8 Å². The molecule has 1 rings (SSSR count). The average molecular weight is 195 g/mol. The lowest BCUT2D eigenvalue weighted by Crippen LogP contribution is -2.13. The molecule has 6 nitrogen and oxygen atoms in total. The van der Waals surface area contributed by atoms with Crippen molar-refractivity contribution in [2.45, 2.75) is 26.7 Å². The number of nitrogen functional groups attached to an aromatic ring is 1. The van der Waals surface area contributed by atoms with Crippen LogP contribution in [0.25, 0.3) is 0 Å². The second-order valence-electron chi connectivity index (χ2n) is 2.86. The van der Waals surface area contributed by atoms with E-state index in [9.17, 15) is 4.79 Å². The Labute approximate surface area is 82.0 Å². The molecule has 76 valence electrons. The summed E-state index contributed by atoms with van der Waals surface area (Å²) in [6.07, 6.45) is 1.64. The standard InChI is InChI=1S/C8H13N5O/c1-3-4-6-11-7(9)13-8(12-6)10-5(2)14/h3-4H2,1-2H3,(H3,9,10,11,12,13,14). The molecule has 0 unspecified atom stereocenters. The van der Waals surface area contributed by atoms with Crippen LogP contribution >= 0.6 is 0 Å². The van der Waals surface area contributed by atoms with E-state index in [1.807, 2.05) is 6.92 Å². The van der Waals surface area contributed by atoms with Crippen molar-refractivity contribution in [3.63, 3.8) is 0 Å². The average Bonchev–Trinajstić information content (AvgIpc) is 2.01. The van der Waals surface area contributed by atoms with E-state index in [2.05, 4.69) is 20.3 Å². The van der Waals surface area contributed by atoms with Crippen molar-refractivity contribution in [3.8, 4) is 0 Å². The molecular formula is C8H13N5O. The van der Waals surface area contributed by atoms with Crippen LogP contribution in [0, 0.1) is 0 Å². The number of carbonyl (C=O) groups excluding carboxylic acids is 1. The summed E-state index contributed by atoms with van der Waals surface area (Å²) >= 11 is 0. The van der Waals surface area contributed by atoms with Gasteiger partial charge in [0.15, 0.2) is 0 Å². The Hall–Kier alpha value is -1.72. The minimum absolute atomic E-state index is 0.132. The molecule has 0 saturated heterocycles. The van der Waals surface area contributed by atoms with Gasteiger partial charge in [0.25, 0.3) is 0 Å². The van der Waals surface area contributed by atoms with E-state index < -0.39 is 0 Å². The smallest absolute Gasteiger partial charge is 0.234 e. The van der Waals surface area contributed by atoms with Crippen molar-refractivity contribution in [2.24, 2.45) is 0 Å². The maximum Gasteiger partial charge on any atom is 0.234 e. The van der Waals surface area contributed by atoms with Crippen LogP contribution < -0.4 is 11.1 Å². The number of hydrogen-bond acceptors (Lipinski definition) is 5. The van der Waals surface area contributed by atoms with Crippen LogP contribution in [0.5, 0.6) is 0 Å². The lowest BCUT2D eigenvalue weighted by atomic mass is 10.3. The lowest BCUT2D eigenvalue weighted by Gasteiger charge is -2.03. The van der Waals surface area contributed by atoms with Crippen LogP contribution in [0.15, 0.2) is 0 Å². The number of aryl methyl sites for hydroxylation is 1. The molecule has 1 aromatic rings. The number of nitrogens with one attached hydrogen (secondary N) is 1. The van der Waals surface area contributed by atoms with E-state index in [1.54, 1.807) is 0 Å². The third kappa shape index (κ3) is 2.96. The zero-order valence-corrected chi connectivity index (χ0v) is 8.24. The second-order valence-corrected chi connectivity index (χ2v) is 2.86. The quantitative estimate of drug-likeness (QED) is 0.726. The lowest BCUT2D eigenvalue weighted by molar-refractivity contribution is -0.114. The minimum atomic E-state index is -0.224. The van der Waals surface area contributed by atoms with Crippen molar-refractivity contribution in [2.75, 3.05) is 11.1 Å². The summed E-state index contributed by atoms with van der Waals surface area (Å²) in [5.41, 5.74) is 5.45. The topological polar surface area (TPSA) is 93.8 Å². The van der Waals surface area contributed by atoms with Crippen LogP contribution in [-0.2, 0) is 11.2 Å². The fourth-order valence-corrected chi connectivity index (χ4v) is 0.987. The summed E-state index contributed by atoms with van der Waals surface area (Å²) in [5, 5.41) is 2.46. The van der Waals surface area contributed by atoms with Crippen LogP contribution in [0.3, 0.4) is 0 Å². The Balaban J connectivity index is 2.88. The van der Waals surface area contributed by atoms with E-state index in [0.717, 1.165) is 12.8 Å². The summed E-state index contributed by atoms with van der Waals surface area (Å²) in [5.74, 6) is 0.724. The van der Waals surface area contributed by atoms with Gasteiger partial charge in [0.05, 0.1) is 0 Å². The van der Waals surface area contributed by atoms with Crippen LogP contribution in [0.1, 0.15) is 26.1 Å². The van der Waals surface area contributed by atoms with Crippen LogP contribution in [0.2, 0.25) is 0 Å². The number of aromatic nitrogens is 3. The molecule has 1 aromatic heterocycles. The molecule has 0 saturated carbocycles. The molecule has 0 spiro atoms. The third-order valence-electron chi connectivity index (χ3n) is 1.46. The van der Waals surface area contributed by atoms with E-state index in [-0.39, 0.29) is 17.8 Å². The van der Waals surface area contributed by atoms with Gasteiger partial charge in [0.2, 0.25) is 17.8 Å². The van der Waals surface area contributed by atoms with Gasteiger partial charge < -0.3 is 5.73 Å². The normalized spacial score (nSPS) is 9.86. The van der Waals surface area contributed by atoms with Gasteiger partial charge >= 0.3 is 0 Å². The molecule has 0 aliphatic carbocycles. The third-order valence-corrected chi connectivity index (χ3v) is 1.46. The minimum Gasteiger partial charge on any atom is -0.368 e. The number of anilines is 2. The van der Waals surface area contributed by atoms with Gasteiger partial charge in [-0.25, -0.2) is 0 Å². The summed E-state index contributed by atoms with van der Waals surface area (Å²) in [7, 11) is 0. The summed E-state index contributed by atoms with van der Waals surface area (Å²) in [4.78, 5) is 22.5. The zero-order valence-electron chi connectivity index (χ0n) is 8.24. The highest BCUT2D eigenvalue weighted by Gasteiger charge is 2.04. The van der Waals surface area contributed by atoms with Crippen molar-refractivity contribution in [1.82, 2.24) is 15.0 Å². The molecule has 0 aliphatic heterocycles. The molecular weight excluding hydrogens is 182 g/mol. The number of amides is 1. The highest BCUT2D eigenvalue weighted by atomic mass is 16.1. The highest BCUT2D eigenvalue weighted by Crippen LogP contribution is 2.04. The predicted molar refractivity (Wildman–Crippen MR) is 52.5 cm³/mol. The van der Waals surface area contributed by atoms with Gasteiger partial charge in [-0.2, -0.15) is 15.0 Å². The number of rotatable bonds is 3. The SMILES string of the molecule is CCCc1nc(N)nc(NC(C)=O)n1. The molecule has 14 heavy (non-hydrogen) atoms. The highest BCUT2D eigenvalue weighted by molar-refractivity contribution is 5.86.